The van der Waals surface area contributed by atoms with Gasteiger partial charge < -0.3 is 11.1 Å². The molecule has 0 aromatic heterocycles. The molecule has 2 rings (SSSR count). The van der Waals surface area contributed by atoms with E-state index < -0.39 is 5.41 Å². The molecule has 0 aliphatic heterocycles. The monoisotopic (exact) mass is 250 g/mol. The van der Waals surface area contributed by atoms with Crippen molar-refractivity contribution in [2.45, 2.75) is 39.2 Å². The van der Waals surface area contributed by atoms with Crippen LogP contribution in [0.25, 0.3) is 0 Å². The zero-order valence-corrected chi connectivity index (χ0v) is 10.8. The van der Waals surface area contributed by atoms with Crippen LogP contribution in [0.3, 0.4) is 0 Å². The van der Waals surface area contributed by atoms with Crippen LogP contribution in [0.1, 0.15) is 31.7 Å². The predicted octanol–water partition coefficient (Wildman–Crippen LogP) is 2.59. The third-order valence-electron chi connectivity index (χ3n) is 3.98. The Morgan fingerprint density at radius 1 is 1.56 bits per heavy atom. The molecule has 1 fully saturated rings. The van der Waals surface area contributed by atoms with Gasteiger partial charge in [-0.25, -0.2) is 4.39 Å². The van der Waals surface area contributed by atoms with Gasteiger partial charge in [-0.05, 0) is 50.5 Å². The van der Waals surface area contributed by atoms with Crippen molar-refractivity contribution >= 4 is 11.6 Å². The first kappa shape index (κ1) is 13.0. The normalized spacial score (nSPS) is 27.2. The van der Waals surface area contributed by atoms with Crippen molar-refractivity contribution in [3.8, 4) is 0 Å². The standard InChI is InChI=1S/C14H19FN2O/c1-9-8-10(15)5-6-11(9)17-13(18)14(2)7-3-4-12(14)16/h5-6,8,12H,3-4,7,16H2,1-2H3,(H,17,18). The minimum atomic E-state index is -0.513. The first-order valence-electron chi connectivity index (χ1n) is 6.26. The highest BCUT2D eigenvalue weighted by Gasteiger charge is 2.42. The molecule has 3 N–H and O–H groups in total. The number of hydrogen-bond acceptors (Lipinski definition) is 2. The topological polar surface area (TPSA) is 55.1 Å². The van der Waals surface area contributed by atoms with E-state index in [1.54, 1.807) is 13.0 Å². The average molecular weight is 250 g/mol. The molecule has 0 bridgehead atoms. The third kappa shape index (κ3) is 2.25. The Morgan fingerprint density at radius 3 is 2.83 bits per heavy atom. The van der Waals surface area contributed by atoms with Gasteiger partial charge in [0, 0.05) is 11.7 Å². The molecule has 18 heavy (non-hydrogen) atoms. The molecule has 1 aromatic carbocycles. The smallest absolute Gasteiger partial charge is 0.231 e. The Balaban J connectivity index is 2.16. The highest BCUT2D eigenvalue weighted by atomic mass is 19.1. The van der Waals surface area contributed by atoms with Crippen LogP contribution in [0, 0.1) is 18.2 Å². The summed E-state index contributed by atoms with van der Waals surface area (Å²) in [6.45, 7) is 3.68. The molecular formula is C14H19FN2O. The van der Waals surface area contributed by atoms with Gasteiger partial charge in [0.25, 0.3) is 0 Å². The molecule has 2 atom stereocenters. The SMILES string of the molecule is Cc1cc(F)ccc1NC(=O)C1(C)CCCC1N. The molecule has 4 heteroatoms. The van der Waals surface area contributed by atoms with Crippen LogP contribution in [0.15, 0.2) is 18.2 Å². The molecule has 0 heterocycles. The number of carbonyl (C=O) groups is 1. The van der Waals surface area contributed by atoms with Crippen LogP contribution >= 0.6 is 0 Å². The van der Waals surface area contributed by atoms with E-state index in [1.807, 2.05) is 6.92 Å². The van der Waals surface area contributed by atoms with Crippen molar-refractivity contribution in [3.05, 3.63) is 29.6 Å². The number of benzene rings is 1. The summed E-state index contributed by atoms with van der Waals surface area (Å²) in [4.78, 5) is 12.3. The lowest BCUT2D eigenvalue weighted by Gasteiger charge is -2.27. The Morgan fingerprint density at radius 2 is 2.28 bits per heavy atom. The lowest BCUT2D eigenvalue weighted by Crippen LogP contribution is -2.44. The van der Waals surface area contributed by atoms with Crippen LogP contribution in [-0.2, 0) is 4.79 Å². The van der Waals surface area contributed by atoms with E-state index in [4.69, 9.17) is 5.73 Å². The summed E-state index contributed by atoms with van der Waals surface area (Å²) >= 11 is 0. The summed E-state index contributed by atoms with van der Waals surface area (Å²) in [6.07, 6.45) is 2.67. The van der Waals surface area contributed by atoms with Crippen molar-refractivity contribution in [1.29, 1.82) is 0 Å². The Bertz CT molecular complexity index is 475. The highest BCUT2D eigenvalue weighted by Crippen LogP contribution is 2.37. The minimum absolute atomic E-state index is 0.0674. The first-order chi connectivity index (χ1) is 8.43. The van der Waals surface area contributed by atoms with Crippen LogP contribution in [0.4, 0.5) is 10.1 Å². The lowest BCUT2D eigenvalue weighted by molar-refractivity contribution is -0.125. The van der Waals surface area contributed by atoms with Gasteiger partial charge in [-0.15, -0.1) is 0 Å². The van der Waals surface area contributed by atoms with Gasteiger partial charge in [0.15, 0.2) is 0 Å². The fraction of sp³-hybridized carbons (Fsp3) is 0.500. The van der Waals surface area contributed by atoms with Crippen molar-refractivity contribution in [3.63, 3.8) is 0 Å². The van der Waals surface area contributed by atoms with Gasteiger partial charge in [0.2, 0.25) is 5.91 Å². The number of hydrogen-bond donors (Lipinski definition) is 2. The quantitative estimate of drug-likeness (QED) is 0.847. The number of nitrogens with two attached hydrogens (primary N) is 1. The molecular weight excluding hydrogens is 231 g/mol. The van der Waals surface area contributed by atoms with Crippen LogP contribution < -0.4 is 11.1 Å². The number of aryl methyl sites for hydroxylation is 1. The van der Waals surface area contributed by atoms with Crippen LogP contribution in [-0.4, -0.2) is 11.9 Å². The van der Waals surface area contributed by atoms with Gasteiger partial charge in [-0.3, -0.25) is 4.79 Å². The van der Waals surface area contributed by atoms with Crippen molar-refractivity contribution in [2.75, 3.05) is 5.32 Å². The maximum absolute atomic E-state index is 13.0. The van der Waals surface area contributed by atoms with E-state index in [1.165, 1.54) is 12.1 Å². The number of nitrogens with one attached hydrogen (secondary N) is 1. The molecule has 1 aliphatic carbocycles. The maximum Gasteiger partial charge on any atom is 0.231 e. The second kappa shape index (κ2) is 4.69. The Hall–Kier alpha value is -1.42. The number of halogens is 1. The third-order valence-corrected chi connectivity index (χ3v) is 3.98. The molecule has 0 radical (unpaired) electrons. The summed E-state index contributed by atoms with van der Waals surface area (Å²) in [6, 6.07) is 4.25. The summed E-state index contributed by atoms with van der Waals surface area (Å²) in [5.41, 5.74) is 6.87. The molecule has 98 valence electrons. The zero-order chi connectivity index (χ0) is 13.3. The molecule has 1 saturated carbocycles. The molecule has 2 unspecified atom stereocenters. The van der Waals surface area contributed by atoms with Gasteiger partial charge in [-0.2, -0.15) is 0 Å². The Kier molecular flexibility index (Phi) is 3.39. The van der Waals surface area contributed by atoms with Gasteiger partial charge in [0.05, 0.1) is 5.41 Å². The largest absolute Gasteiger partial charge is 0.327 e. The van der Waals surface area contributed by atoms with E-state index in [0.29, 0.717) is 5.69 Å². The summed E-state index contributed by atoms with van der Waals surface area (Å²) in [5.74, 6) is -0.364. The van der Waals surface area contributed by atoms with Crippen molar-refractivity contribution < 1.29 is 9.18 Å². The molecule has 1 aromatic rings. The number of anilines is 1. The summed E-state index contributed by atoms with van der Waals surface area (Å²) in [5, 5.41) is 2.86. The number of amides is 1. The summed E-state index contributed by atoms with van der Waals surface area (Å²) in [7, 11) is 0. The van der Waals surface area contributed by atoms with E-state index in [-0.39, 0.29) is 17.8 Å². The predicted molar refractivity (Wildman–Crippen MR) is 69.7 cm³/mol. The fourth-order valence-corrected chi connectivity index (χ4v) is 2.51. The van der Waals surface area contributed by atoms with Crippen LogP contribution in [0.5, 0.6) is 0 Å². The van der Waals surface area contributed by atoms with Crippen LogP contribution in [0.2, 0.25) is 0 Å². The number of carbonyl (C=O) groups excluding carboxylic acids is 1. The van der Waals surface area contributed by atoms with Gasteiger partial charge in [-0.1, -0.05) is 6.42 Å². The maximum atomic E-state index is 13.0. The van der Waals surface area contributed by atoms with E-state index in [9.17, 15) is 9.18 Å². The molecule has 3 nitrogen and oxygen atoms in total. The molecule has 0 spiro atoms. The fourth-order valence-electron chi connectivity index (χ4n) is 2.51. The summed E-state index contributed by atoms with van der Waals surface area (Å²) < 4.78 is 13.0. The molecule has 1 amide bonds. The minimum Gasteiger partial charge on any atom is -0.327 e. The second-order valence-corrected chi connectivity index (χ2v) is 5.33. The number of rotatable bonds is 2. The Labute approximate surface area is 107 Å². The average Bonchev–Trinajstić information content (AvgIpc) is 2.64. The van der Waals surface area contributed by atoms with Gasteiger partial charge in [0.1, 0.15) is 5.82 Å². The van der Waals surface area contributed by atoms with Crippen molar-refractivity contribution in [2.24, 2.45) is 11.1 Å². The highest BCUT2D eigenvalue weighted by molar-refractivity contribution is 5.96. The van der Waals surface area contributed by atoms with Gasteiger partial charge >= 0.3 is 0 Å². The van der Waals surface area contributed by atoms with Crippen molar-refractivity contribution in [1.82, 2.24) is 0 Å². The van der Waals surface area contributed by atoms with E-state index in [0.717, 1.165) is 24.8 Å². The first-order valence-corrected chi connectivity index (χ1v) is 6.26. The molecule has 1 aliphatic rings. The zero-order valence-electron chi connectivity index (χ0n) is 10.8. The second-order valence-electron chi connectivity index (χ2n) is 5.33. The molecule has 0 saturated heterocycles. The van der Waals surface area contributed by atoms with E-state index >= 15 is 0 Å². The lowest BCUT2D eigenvalue weighted by atomic mass is 9.84. The van der Waals surface area contributed by atoms with E-state index in [2.05, 4.69) is 5.32 Å².